The largest absolute Gasteiger partial charge is 0.490 e. The molecule has 0 fully saturated rings. The molecule has 0 aromatic carbocycles. The van der Waals surface area contributed by atoms with E-state index < -0.39 is 0 Å². The third kappa shape index (κ3) is 6.37. The zero-order chi connectivity index (χ0) is 18.8. The van der Waals surface area contributed by atoms with Gasteiger partial charge in [-0.25, -0.2) is 4.39 Å². The third-order valence-corrected chi connectivity index (χ3v) is 3.85. The first-order valence-corrected chi connectivity index (χ1v) is 8.80. The van der Waals surface area contributed by atoms with E-state index in [9.17, 15) is 4.39 Å². The maximum Gasteiger partial charge on any atom is 0.173 e. The highest BCUT2D eigenvalue weighted by atomic mass is 19.1. The monoisotopic (exact) mass is 358 g/mol. The standard InChI is InChI=1S/C20H27FN4O/c1-4-17(21)9-7-11-26-19-10-6-8-16(12-19)15(3)25-18-13-23-20(22-5-2)24-14-18/h4,6-7,9-10,12-14,16,20,22-23,25H,3,5,8,11H2,1-2H3/b9-7-,17-4+. The number of ether oxygens (including phenoxy) is 1. The molecule has 6 heteroatoms. The Morgan fingerprint density at radius 2 is 2.38 bits per heavy atom. The van der Waals surface area contributed by atoms with Crippen molar-refractivity contribution in [1.82, 2.24) is 16.0 Å². The molecule has 3 N–H and O–H groups in total. The van der Waals surface area contributed by atoms with E-state index >= 15 is 0 Å². The van der Waals surface area contributed by atoms with Crippen LogP contribution in [-0.4, -0.2) is 25.7 Å². The number of nitrogens with zero attached hydrogens (tertiary/aromatic N) is 1. The van der Waals surface area contributed by atoms with Crippen molar-refractivity contribution in [3.63, 3.8) is 0 Å². The number of rotatable bonds is 9. The van der Waals surface area contributed by atoms with Gasteiger partial charge in [-0.3, -0.25) is 10.3 Å². The quantitative estimate of drug-likeness (QED) is 0.553. The van der Waals surface area contributed by atoms with E-state index in [1.807, 2.05) is 31.4 Å². The van der Waals surface area contributed by atoms with Crippen molar-refractivity contribution in [2.75, 3.05) is 13.2 Å². The second kappa shape index (κ2) is 10.4. The van der Waals surface area contributed by atoms with E-state index in [1.165, 1.54) is 12.2 Å². The van der Waals surface area contributed by atoms with Crippen molar-refractivity contribution in [2.24, 2.45) is 10.9 Å². The molecule has 0 saturated carbocycles. The predicted octanol–water partition coefficient (Wildman–Crippen LogP) is 3.40. The van der Waals surface area contributed by atoms with E-state index in [0.717, 1.165) is 30.1 Å². The first kappa shape index (κ1) is 19.7. The molecule has 2 aliphatic rings. The molecule has 5 nitrogen and oxygen atoms in total. The van der Waals surface area contributed by atoms with Crippen molar-refractivity contribution in [1.29, 1.82) is 0 Å². The summed E-state index contributed by atoms with van der Waals surface area (Å²) in [6.45, 7) is 8.98. The van der Waals surface area contributed by atoms with Crippen molar-refractivity contribution in [3.8, 4) is 0 Å². The molecule has 1 aliphatic carbocycles. The Labute approximate surface area is 154 Å². The Balaban J connectivity index is 1.84. The molecule has 0 spiro atoms. The van der Waals surface area contributed by atoms with Crippen molar-refractivity contribution in [3.05, 3.63) is 72.2 Å². The molecular weight excluding hydrogens is 331 g/mol. The number of halogens is 1. The normalized spacial score (nSPS) is 22.7. The molecular formula is C20H27FN4O. The van der Waals surface area contributed by atoms with Crippen molar-refractivity contribution in [2.45, 2.75) is 26.6 Å². The Hall–Kier alpha value is -2.60. The van der Waals surface area contributed by atoms with Crippen molar-refractivity contribution < 1.29 is 9.13 Å². The van der Waals surface area contributed by atoms with Gasteiger partial charge in [0.2, 0.25) is 0 Å². The number of hydrogen-bond donors (Lipinski definition) is 3. The fourth-order valence-electron chi connectivity index (χ4n) is 2.45. The molecule has 0 bridgehead atoms. The number of aliphatic imine (C=N–C) groups is 1. The van der Waals surface area contributed by atoms with Crippen LogP contribution in [0.5, 0.6) is 0 Å². The van der Waals surface area contributed by atoms with Gasteiger partial charge in [0.15, 0.2) is 6.29 Å². The van der Waals surface area contributed by atoms with Gasteiger partial charge in [0.25, 0.3) is 0 Å². The number of nitrogens with one attached hydrogen (secondary N) is 3. The van der Waals surface area contributed by atoms with Crippen LogP contribution in [0.15, 0.2) is 77.2 Å². The fourth-order valence-corrected chi connectivity index (χ4v) is 2.45. The Morgan fingerprint density at radius 1 is 1.54 bits per heavy atom. The maximum atomic E-state index is 13.0. The summed E-state index contributed by atoms with van der Waals surface area (Å²) < 4.78 is 18.7. The average molecular weight is 358 g/mol. The highest BCUT2D eigenvalue weighted by Crippen LogP contribution is 2.23. The second-order valence-electron chi connectivity index (χ2n) is 5.86. The summed E-state index contributed by atoms with van der Waals surface area (Å²) in [4.78, 5) is 4.37. The van der Waals surface area contributed by atoms with Crippen LogP contribution in [0.25, 0.3) is 0 Å². The summed E-state index contributed by atoms with van der Waals surface area (Å²) in [5.74, 6) is 0.600. The Kier molecular flexibility index (Phi) is 7.89. The van der Waals surface area contributed by atoms with Crippen LogP contribution < -0.4 is 16.0 Å². The molecule has 0 radical (unpaired) electrons. The lowest BCUT2D eigenvalue weighted by molar-refractivity contribution is 0.256. The molecule has 0 amide bonds. The van der Waals surface area contributed by atoms with E-state index in [2.05, 4.69) is 27.5 Å². The molecule has 0 aromatic heterocycles. The van der Waals surface area contributed by atoms with E-state index in [4.69, 9.17) is 4.74 Å². The highest BCUT2D eigenvalue weighted by Gasteiger charge is 2.15. The van der Waals surface area contributed by atoms with Gasteiger partial charge in [-0.05, 0) is 44.2 Å². The minimum Gasteiger partial charge on any atom is -0.490 e. The Morgan fingerprint density at radius 3 is 3.08 bits per heavy atom. The molecule has 26 heavy (non-hydrogen) atoms. The summed E-state index contributed by atoms with van der Waals surface area (Å²) >= 11 is 0. The lowest BCUT2D eigenvalue weighted by Gasteiger charge is -2.23. The first-order valence-electron chi connectivity index (χ1n) is 8.80. The minimum atomic E-state index is -0.273. The van der Waals surface area contributed by atoms with E-state index in [-0.39, 0.29) is 18.0 Å². The topological polar surface area (TPSA) is 57.7 Å². The molecule has 0 aromatic rings. The number of hydrogen-bond acceptors (Lipinski definition) is 5. The van der Waals surface area contributed by atoms with Gasteiger partial charge >= 0.3 is 0 Å². The Bertz CT molecular complexity index is 673. The van der Waals surface area contributed by atoms with Gasteiger partial charge in [-0.2, -0.15) is 0 Å². The summed E-state index contributed by atoms with van der Waals surface area (Å²) in [6, 6.07) is 0. The average Bonchev–Trinajstić information content (AvgIpc) is 2.67. The van der Waals surface area contributed by atoms with Crippen LogP contribution in [0, 0.1) is 5.92 Å². The van der Waals surface area contributed by atoms with Crippen LogP contribution in [0.3, 0.4) is 0 Å². The second-order valence-corrected chi connectivity index (χ2v) is 5.86. The fraction of sp³-hybridized carbons (Fsp3) is 0.350. The summed E-state index contributed by atoms with van der Waals surface area (Å²) in [5.41, 5.74) is 1.73. The van der Waals surface area contributed by atoms with Gasteiger partial charge in [0.1, 0.15) is 18.2 Å². The van der Waals surface area contributed by atoms with Gasteiger partial charge in [0, 0.05) is 17.8 Å². The van der Waals surface area contributed by atoms with Crippen LogP contribution in [0.1, 0.15) is 20.3 Å². The highest BCUT2D eigenvalue weighted by molar-refractivity contribution is 5.79. The molecule has 2 rings (SSSR count). The SMILES string of the molecule is C=C(NC1=CNC(NCC)N=C1)C1C=C(OC/C=C\C(F)=C/C)C=CC1. The molecule has 2 atom stereocenters. The summed E-state index contributed by atoms with van der Waals surface area (Å²) in [6.07, 6.45) is 14.9. The molecule has 140 valence electrons. The minimum absolute atomic E-state index is 0.0863. The van der Waals surface area contributed by atoms with Crippen LogP contribution in [0.2, 0.25) is 0 Å². The zero-order valence-corrected chi connectivity index (χ0v) is 15.3. The van der Waals surface area contributed by atoms with E-state index in [1.54, 1.807) is 19.2 Å². The molecule has 2 unspecified atom stereocenters. The van der Waals surface area contributed by atoms with Gasteiger partial charge in [-0.1, -0.05) is 25.7 Å². The first-order chi connectivity index (χ1) is 12.6. The van der Waals surface area contributed by atoms with Gasteiger partial charge in [0.05, 0.1) is 11.9 Å². The smallest absolute Gasteiger partial charge is 0.173 e. The van der Waals surface area contributed by atoms with Crippen LogP contribution in [-0.2, 0) is 4.74 Å². The van der Waals surface area contributed by atoms with E-state index in [0.29, 0.717) is 6.61 Å². The predicted molar refractivity (Wildman–Crippen MR) is 105 cm³/mol. The van der Waals surface area contributed by atoms with Crippen molar-refractivity contribution >= 4 is 6.21 Å². The molecule has 1 aliphatic heterocycles. The zero-order valence-electron chi connectivity index (χ0n) is 15.3. The lowest BCUT2D eigenvalue weighted by Crippen LogP contribution is -2.41. The van der Waals surface area contributed by atoms with Crippen LogP contribution >= 0.6 is 0 Å². The summed E-state index contributed by atoms with van der Waals surface area (Å²) in [7, 11) is 0. The molecule has 0 saturated heterocycles. The van der Waals surface area contributed by atoms with Crippen LogP contribution in [0.4, 0.5) is 4.39 Å². The third-order valence-electron chi connectivity index (χ3n) is 3.85. The van der Waals surface area contributed by atoms with Gasteiger partial charge < -0.3 is 15.4 Å². The van der Waals surface area contributed by atoms with Gasteiger partial charge in [-0.15, -0.1) is 0 Å². The molecule has 1 heterocycles. The summed E-state index contributed by atoms with van der Waals surface area (Å²) in [5, 5.41) is 9.64. The maximum absolute atomic E-state index is 13.0. The lowest BCUT2D eigenvalue weighted by atomic mass is 9.97. The number of allylic oxidation sites excluding steroid dienone is 7.